The minimum atomic E-state index is -1.71. The van der Waals surface area contributed by atoms with Crippen LogP contribution in [0.2, 0.25) is 72.5 Å². The standard InChI is InChI=1S/C17H31NO2Si.C17H27NO2Si.C13H22BrNO2Si.C11H17NO2.C8H20O2Si.C5H4BrNO.C5H5NO.Br2/c2*1-7-8-10-15-11-9-12-18-16(15)19-13-14-20-21(5,6)17(2,3)4;1-13(2,3)18(4,5)17-10-9-16-12-11(14)7-6-8-15-12;1-2-3-5-10-6-4-7-12-11(10)14-9-8-13;1-8(2,3)11(4,5)10-7-6-9;6-4-2-1-3-7-5(4)8;7-5-3-1-2-4-6-5;1-2/h9,11-12H,7-8,10,13-14H2,1-6H3;9,11-12H,7,13-14H2,1-6H3;6-8H,9-10H2,1-5H3;4,6-7,13H,2-3,5,8-9H2,1H3;9H,6-7H2,1-5H3;1-3H,(H,7,8);1-4H,(H,6,7);. The Balaban J connectivity index is 0. The summed E-state index contributed by atoms with van der Waals surface area (Å²) in [6.07, 6.45) is 17.6. The highest BCUT2D eigenvalue weighted by molar-refractivity contribution is 9.93. The van der Waals surface area contributed by atoms with E-state index in [0.717, 1.165) is 53.6 Å². The normalized spacial score (nSPS) is 11.4. The lowest BCUT2D eigenvalue weighted by Crippen LogP contribution is -2.41. The molecule has 0 bridgehead atoms. The Kier molecular flexibility index (Phi) is 52.4. The van der Waals surface area contributed by atoms with Gasteiger partial charge in [-0.2, -0.15) is 0 Å². The first-order chi connectivity index (χ1) is 47.7. The van der Waals surface area contributed by atoms with Crippen LogP contribution in [-0.4, -0.2) is 139 Å². The van der Waals surface area contributed by atoms with Crippen LogP contribution in [0.3, 0.4) is 0 Å². The third-order valence-corrected chi connectivity index (χ3v) is 36.5. The Hall–Kier alpha value is -4.19. The van der Waals surface area contributed by atoms with Crippen LogP contribution in [0.15, 0.2) is 135 Å². The van der Waals surface area contributed by atoms with Gasteiger partial charge in [-0.25, -0.2) is 19.9 Å². The van der Waals surface area contributed by atoms with Crippen molar-refractivity contribution < 1.29 is 46.9 Å². The number of aliphatic hydroxyl groups excluding tert-OH is 2. The van der Waals surface area contributed by atoms with E-state index in [4.69, 9.17) is 46.9 Å². The van der Waals surface area contributed by atoms with E-state index in [2.05, 4.69) is 257 Å². The molecule has 4 N–H and O–H groups in total. The average molecular weight is 1750 g/mol. The number of aliphatic hydroxyl groups is 2. The molecule has 0 fully saturated rings. The minimum Gasteiger partial charge on any atom is -0.475 e. The molecule has 0 atom stereocenters. The number of unbranched alkanes of at least 4 members (excludes halogenated alkanes) is 2. The van der Waals surface area contributed by atoms with E-state index in [-0.39, 0.29) is 44.5 Å². The van der Waals surface area contributed by atoms with E-state index in [9.17, 15) is 9.59 Å². The summed E-state index contributed by atoms with van der Waals surface area (Å²) in [5.74, 6) is 8.77. The minimum absolute atomic E-state index is 0.0315. The van der Waals surface area contributed by atoms with Crippen molar-refractivity contribution in [3.63, 3.8) is 0 Å². The Labute approximate surface area is 650 Å². The van der Waals surface area contributed by atoms with Gasteiger partial charge >= 0.3 is 0 Å². The molecule has 0 aromatic carbocycles. The first kappa shape index (κ1) is 99.9. The maximum atomic E-state index is 10.5. The number of nitrogens with zero attached hydrogens (tertiary/aromatic N) is 4. The first-order valence-corrected chi connectivity index (χ1v) is 51.9. The summed E-state index contributed by atoms with van der Waals surface area (Å²) in [7, 11) is -6.64. The lowest BCUT2D eigenvalue weighted by Gasteiger charge is -2.36. The van der Waals surface area contributed by atoms with Gasteiger partial charge in [0.05, 0.1) is 54.2 Å². The number of rotatable bonds is 27. The van der Waals surface area contributed by atoms with Crippen LogP contribution in [0.25, 0.3) is 0 Å². The average Bonchev–Trinajstić information content (AvgIpc) is 0.856. The number of aryl methyl sites for hydroxylation is 2. The number of aromatic nitrogens is 6. The number of aromatic amines is 2. The van der Waals surface area contributed by atoms with Crippen LogP contribution < -0.4 is 30.1 Å². The Morgan fingerprint density at radius 1 is 0.431 bits per heavy atom. The summed E-state index contributed by atoms with van der Waals surface area (Å²) < 4.78 is 47.8. The number of hydrogen-bond acceptors (Lipinski definition) is 16. The van der Waals surface area contributed by atoms with Gasteiger partial charge in [0.25, 0.3) is 5.56 Å². The second kappa shape index (κ2) is 53.6. The molecule has 102 heavy (non-hydrogen) atoms. The van der Waals surface area contributed by atoms with E-state index >= 15 is 0 Å². The van der Waals surface area contributed by atoms with Crippen molar-refractivity contribution in [1.82, 2.24) is 29.9 Å². The molecule has 0 amide bonds. The van der Waals surface area contributed by atoms with Crippen LogP contribution in [0.1, 0.15) is 153 Å². The molecule has 6 aromatic rings. The zero-order chi connectivity index (χ0) is 78.1. The van der Waals surface area contributed by atoms with E-state index < -0.39 is 33.3 Å². The van der Waals surface area contributed by atoms with Gasteiger partial charge in [-0.1, -0.05) is 147 Å². The third-order valence-electron chi connectivity index (χ3n) is 17.1. The van der Waals surface area contributed by atoms with Crippen molar-refractivity contribution in [3.8, 4) is 35.4 Å². The molecule has 0 spiro atoms. The van der Waals surface area contributed by atoms with Crippen LogP contribution in [-0.2, 0) is 30.5 Å². The SMILES string of the molecule is BrBr.CC(C)(C)[Si](C)(C)OCCO.CC(C)(C)[Si](C)(C)OCCOc1ncccc1Br.CCC#Cc1cccnc1OCCO[Si](C)(C)C(C)(C)C.CCCCc1cccnc1OCCO.CCCCc1cccnc1OCCO[Si](C)(C)C(C)(C)C.O=c1[nH]cccc1Br.O=c1cccc[nH]1. The maximum absolute atomic E-state index is 10.5. The van der Waals surface area contributed by atoms with E-state index in [0.29, 0.717) is 75.0 Å². The molecule has 6 aromatic heterocycles. The van der Waals surface area contributed by atoms with Gasteiger partial charge in [0, 0.05) is 89.1 Å². The molecule has 0 aliphatic rings. The molecule has 0 aliphatic carbocycles. The van der Waals surface area contributed by atoms with Crippen molar-refractivity contribution in [2.24, 2.45) is 0 Å². The number of ether oxygens (including phenoxy) is 4. The summed E-state index contributed by atoms with van der Waals surface area (Å²) in [4.78, 5) is 42.6. The van der Waals surface area contributed by atoms with Gasteiger partial charge in [-0.3, -0.25) is 9.59 Å². The van der Waals surface area contributed by atoms with Gasteiger partial charge in [0.1, 0.15) is 26.4 Å². The fourth-order valence-corrected chi connectivity index (χ4v) is 11.6. The first-order valence-electron chi connectivity index (χ1n) is 35.0. The lowest BCUT2D eigenvalue weighted by molar-refractivity contribution is 0.189. The molecule has 0 saturated heterocycles. The Morgan fingerprint density at radius 2 is 0.794 bits per heavy atom. The van der Waals surface area contributed by atoms with Crippen LogP contribution in [0.4, 0.5) is 0 Å². The summed E-state index contributed by atoms with van der Waals surface area (Å²) in [6.45, 7) is 55.4. The van der Waals surface area contributed by atoms with E-state index in [1.54, 1.807) is 61.4 Å². The van der Waals surface area contributed by atoms with Crippen LogP contribution in [0, 0.1) is 11.8 Å². The zero-order valence-electron chi connectivity index (χ0n) is 65.8. The number of nitrogens with one attached hydrogen (secondary N) is 2. The number of hydrogen-bond donors (Lipinski definition) is 4. The van der Waals surface area contributed by atoms with Gasteiger partial charge in [0.2, 0.25) is 29.1 Å². The molecular weight excluding hydrogens is 1620 g/mol. The fraction of sp³-hybridized carbons (Fsp3) is 0.579. The van der Waals surface area contributed by atoms with Gasteiger partial charge in [-0.15, -0.1) is 0 Å². The van der Waals surface area contributed by atoms with Crippen molar-refractivity contribution >= 4 is 93.4 Å². The lowest BCUT2D eigenvalue weighted by atomic mass is 10.1. The topological polar surface area (TPSA) is 232 Å². The van der Waals surface area contributed by atoms with Crippen molar-refractivity contribution in [1.29, 1.82) is 0 Å². The van der Waals surface area contributed by atoms with Gasteiger partial charge < -0.3 is 56.8 Å². The Bertz CT molecular complexity index is 3290. The highest BCUT2D eigenvalue weighted by Crippen LogP contribution is 2.39. The third kappa shape index (κ3) is 44.1. The molecular formula is C76H126Br4N6O12Si4. The highest BCUT2D eigenvalue weighted by Gasteiger charge is 2.39. The summed E-state index contributed by atoms with van der Waals surface area (Å²) in [5, 5.41) is 18.2. The molecule has 18 nitrogen and oxygen atoms in total. The maximum Gasteiger partial charge on any atom is 0.262 e. The Morgan fingerprint density at radius 3 is 1.14 bits per heavy atom. The fourth-order valence-electron chi connectivity index (χ4n) is 6.88. The van der Waals surface area contributed by atoms with Crippen molar-refractivity contribution in [2.45, 2.75) is 221 Å². The molecule has 6 rings (SSSR count). The number of H-pyrrole nitrogens is 2. The van der Waals surface area contributed by atoms with Crippen LogP contribution >= 0.6 is 60.1 Å². The molecule has 0 unspecified atom stereocenters. The zero-order valence-corrected chi connectivity index (χ0v) is 76.1. The molecule has 0 saturated carbocycles. The summed E-state index contributed by atoms with van der Waals surface area (Å²) in [5.41, 5.74) is 3.02. The quantitative estimate of drug-likeness (QED) is 0.0213. The van der Waals surface area contributed by atoms with Crippen LogP contribution in [0.5, 0.6) is 23.5 Å². The molecule has 26 heteroatoms. The second-order valence-corrected chi connectivity index (χ2v) is 50.2. The smallest absolute Gasteiger partial charge is 0.262 e. The predicted octanol–water partition coefficient (Wildman–Crippen LogP) is 20.3. The van der Waals surface area contributed by atoms with Gasteiger partial charge in [0.15, 0.2) is 33.3 Å². The second-order valence-electron chi connectivity index (χ2n) is 29.3. The largest absolute Gasteiger partial charge is 0.475 e. The highest BCUT2D eigenvalue weighted by atomic mass is 80.9. The van der Waals surface area contributed by atoms with Gasteiger partial charge in [-0.05, 0) is 185 Å². The predicted molar refractivity (Wildman–Crippen MR) is 447 cm³/mol. The van der Waals surface area contributed by atoms with Crippen molar-refractivity contribution in [2.75, 3.05) is 66.1 Å². The van der Waals surface area contributed by atoms with E-state index in [1.165, 1.54) is 24.5 Å². The number of halogens is 4. The molecule has 6 heterocycles. The summed E-state index contributed by atoms with van der Waals surface area (Å²) in [6, 6.07) is 24.0. The molecule has 576 valence electrons. The molecule has 0 radical (unpaired) electrons. The molecule has 0 aliphatic heterocycles. The summed E-state index contributed by atoms with van der Waals surface area (Å²) >= 11 is 12.0. The monoisotopic (exact) mass is 1740 g/mol. The number of pyridine rings is 6. The van der Waals surface area contributed by atoms with Crippen molar-refractivity contribution in [3.05, 3.63) is 162 Å². The van der Waals surface area contributed by atoms with E-state index in [1.807, 2.05) is 49.4 Å².